The van der Waals surface area contributed by atoms with E-state index in [1.807, 2.05) is 0 Å². The first-order chi connectivity index (χ1) is 14.5. The van der Waals surface area contributed by atoms with Crippen molar-refractivity contribution in [1.82, 2.24) is 4.31 Å². The smallest absolute Gasteiger partial charge is 0.337 e. The number of nitrogens with zero attached hydrogens (tertiary/aromatic N) is 5. The normalized spacial score (nSPS) is 11.6. The number of carboxylic acids is 1. The van der Waals surface area contributed by atoms with Gasteiger partial charge in [0.1, 0.15) is 5.69 Å². The Hall–Kier alpha value is -3.58. The molecule has 0 radical (unpaired) electrons. The minimum Gasteiger partial charge on any atom is -0.494 e. The van der Waals surface area contributed by atoms with E-state index in [9.17, 15) is 28.4 Å². The van der Waals surface area contributed by atoms with E-state index in [0.717, 1.165) is 10.4 Å². The van der Waals surface area contributed by atoms with Crippen LogP contribution in [0.25, 0.3) is 0 Å². The number of nitro groups is 1. The summed E-state index contributed by atoms with van der Waals surface area (Å²) in [7, 11) is 0.172. The number of non-ortho nitro benzene ring substituents is 1. The summed E-state index contributed by atoms with van der Waals surface area (Å²) < 4.78 is 30.7. The Morgan fingerprint density at radius 2 is 1.90 bits per heavy atom. The van der Waals surface area contributed by atoms with Gasteiger partial charge in [-0.05, 0) is 31.2 Å². The van der Waals surface area contributed by atoms with Crippen molar-refractivity contribution in [2.75, 3.05) is 32.8 Å². The highest BCUT2D eigenvalue weighted by Gasteiger charge is 2.23. The molecule has 13 heteroatoms. The van der Waals surface area contributed by atoms with Gasteiger partial charge in [0.15, 0.2) is 5.75 Å². The van der Waals surface area contributed by atoms with Crippen LogP contribution < -0.4 is 9.75 Å². The average Bonchev–Trinajstić information content (AvgIpc) is 2.73. The number of nitro benzene ring substituents is 1. The van der Waals surface area contributed by atoms with E-state index in [-0.39, 0.29) is 39.8 Å². The summed E-state index contributed by atoms with van der Waals surface area (Å²) in [4.78, 5) is 21.9. The lowest BCUT2D eigenvalue weighted by Gasteiger charge is -2.19. The molecule has 0 fully saturated rings. The molecule has 0 aliphatic heterocycles. The summed E-state index contributed by atoms with van der Waals surface area (Å²) in [5, 5.41) is 29.8. The van der Waals surface area contributed by atoms with Crippen LogP contribution in [0.3, 0.4) is 0 Å². The zero-order chi connectivity index (χ0) is 23.3. The van der Waals surface area contributed by atoms with Crippen molar-refractivity contribution in [2.45, 2.75) is 11.8 Å². The van der Waals surface area contributed by atoms with E-state index in [1.165, 1.54) is 56.5 Å². The molecule has 2 aromatic rings. The lowest BCUT2D eigenvalue weighted by Crippen LogP contribution is -2.23. The molecule has 0 saturated heterocycles. The van der Waals surface area contributed by atoms with E-state index in [4.69, 9.17) is 4.74 Å². The molecule has 0 saturated carbocycles. The fourth-order valence-corrected chi connectivity index (χ4v) is 3.46. The van der Waals surface area contributed by atoms with E-state index in [0.29, 0.717) is 0 Å². The van der Waals surface area contributed by atoms with Crippen molar-refractivity contribution < 1.29 is 28.0 Å². The van der Waals surface area contributed by atoms with Crippen LogP contribution in [0.1, 0.15) is 17.3 Å². The summed E-state index contributed by atoms with van der Waals surface area (Å²) in [6.07, 6.45) is 0. The van der Waals surface area contributed by atoms with Crippen molar-refractivity contribution in [2.24, 2.45) is 10.3 Å². The maximum atomic E-state index is 12.3. The molecule has 0 spiro atoms. The second kappa shape index (κ2) is 9.49. The Labute approximate surface area is 178 Å². The summed E-state index contributed by atoms with van der Waals surface area (Å²) >= 11 is 0. The Bertz CT molecular complexity index is 1130. The molecule has 0 aliphatic rings. The van der Waals surface area contributed by atoms with Crippen LogP contribution >= 0.6 is 0 Å². The van der Waals surface area contributed by atoms with Gasteiger partial charge in [-0.1, -0.05) is 5.22 Å². The lowest BCUT2D eigenvalue weighted by molar-refractivity contribution is -0.384. The average molecular weight is 451 g/mol. The fraction of sp³-hybridized carbons (Fsp3) is 0.278. The van der Waals surface area contributed by atoms with Gasteiger partial charge in [-0.2, -0.15) is 0 Å². The number of sulfonamides is 1. The fourth-order valence-electron chi connectivity index (χ4n) is 2.53. The van der Waals surface area contributed by atoms with Crippen LogP contribution in [0, 0.1) is 10.1 Å². The number of carboxylic acid groups (broad SMARTS) is 1. The standard InChI is InChI=1S/C18H21N5O7S/c1-5-22(20-19-15-8-6-12(23(26)27)10-17(15)30-4)16-9-7-13(11-14(16)18(24)25)31(28,29)21(2)3/h6-11H,5H2,1-4H3,(H,24,25). The largest absolute Gasteiger partial charge is 0.494 e. The van der Waals surface area contributed by atoms with Crippen LogP contribution in [0.4, 0.5) is 17.1 Å². The number of benzene rings is 2. The van der Waals surface area contributed by atoms with Crippen molar-refractivity contribution in [3.8, 4) is 5.75 Å². The van der Waals surface area contributed by atoms with Crippen LogP contribution in [0.2, 0.25) is 0 Å². The van der Waals surface area contributed by atoms with Gasteiger partial charge in [0.25, 0.3) is 5.69 Å². The first-order valence-corrected chi connectivity index (χ1v) is 10.3. The molecule has 12 nitrogen and oxygen atoms in total. The number of anilines is 1. The number of ether oxygens (including phenoxy) is 1. The van der Waals surface area contributed by atoms with Gasteiger partial charge < -0.3 is 9.84 Å². The summed E-state index contributed by atoms with van der Waals surface area (Å²) in [6.45, 7) is 1.90. The van der Waals surface area contributed by atoms with E-state index < -0.39 is 20.9 Å². The first-order valence-electron chi connectivity index (χ1n) is 8.84. The summed E-state index contributed by atoms with van der Waals surface area (Å²) in [6, 6.07) is 7.43. The van der Waals surface area contributed by atoms with Crippen molar-refractivity contribution in [1.29, 1.82) is 0 Å². The highest BCUT2D eigenvalue weighted by atomic mass is 32.2. The SMILES string of the molecule is CCN(N=Nc1ccc([N+](=O)[O-])cc1OC)c1ccc(S(=O)(=O)N(C)C)cc1C(=O)O. The number of carbonyl (C=O) groups is 1. The molecule has 0 unspecified atom stereocenters. The van der Waals surface area contributed by atoms with Crippen molar-refractivity contribution in [3.63, 3.8) is 0 Å². The van der Waals surface area contributed by atoms with E-state index in [2.05, 4.69) is 10.3 Å². The van der Waals surface area contributed by atoms with Crippen LogP contribution in [0.5, 0.6) is 5.75 Å². The quantitative estimate of drug-likeness (QED) is 0.346. The van der Waals surface area contributed by atoms with Crippen LogP contribution in [-0.2, 0) is 10.0 Å². The Morgan fingerprint density at radius 1 is 1.23 bits per heavy atom. The van der Waals surface area contributed by atoms with Gasteiger partial charge in [0.05, 0.1) is 34.2 Å². The van der Waals surface area contributed by atoms with Gasteiger partial charge in [-0.3, -0.25) is 10.1 Å². The maximum absolute atomic E-state index is 12.3. The number of aromatic carboxylic acids is 1. The second-order valence-electron chi connectivity index (χ2n) is 6.29. The lowest BCUT2D eigenvalue weighted by atomic mass is 10.1. The number of hydrogen-bond donors (Lipinski definition) is 1. The van der Waals surface area contributed by atoms with E-state index in [1.54, 1.807) is 6.92 Å². The molecular weight excluding hydrogens is 430 g/mol. The molecule has 0 heterocycles. The molecule has 0 amide bonds. The zero-order valence-electron chi connectivity index (χ0n) is 17.2. The molecule has 31 heavy (non-hydrogen) atoms. The second-order valence-corrected chi connectivity index (χ2v) is 8.44. The number of rotatable bonds is 9. The molecular formula is C18H21N5O7S. The number of hydrogen-bond acceptors (Lipinski definition) is 8. The van der Waals surface area contributed by atoms with Gasteiger partial charge in [0.2, 0.25) is 10.0 Å². The highest BCUT2D eigenvalue weighted by Crippen LogP contribution is 2.33. The third-order valence-electron chi connectivity index (χ3n) is 4.19. The van der Waals surface area contributed by atoms with Crippen LogP contribution in [-0.4, -0.2) is 56.5 Å². The number of methoxy groups -OCH3 is 1. The Morgan fingerprint density at radius 3 is 2.42 bits per heavy atom. The Kier molecular flexibility index (Phi) is 7.25. The van der Waals surface area contributed by atoms with E-state index >= 15 is 0 Å². The van der Waals surface area contributed by atoms with Crippen molar-refractivity contribution >= 4 is 33.1 Å². The minimum atomic E-state index is -3.83. The topological polar surface area (TPSA) is 155 Å². The predicted octanol–water partition coefficient (Wildman–Crippen LogP) is 3.08. The highest BCUT2D eigenvalue weighted by molar-refractivity contribution is 7.89. The van der Waals surface area contributed by atoms with Gasteiger partial charge in [-0.15, -0.1) is 5.11 Å². The molecule has 0 aliphatic carbocycles. The van der Waals surface area contributed by atoms with Crippen LogP contribution in [0.15, 0.2) is 51.6 Å². The summed E-state index contributed by atoms with van der Waals surface area (Å²) in [5.74, 6) is -1.23. The maximum Gasteiger partial charge on any atom is 0.337 e. The molecule has 166 valence electrons. The van der Waals surface area contributed by atoms with Gasteiger partial charge >= 0.3 is 5.97 Å². The third-order valence-corrected chi connectivity index (χ3v) is 6.00. The first kappa shape index (κ1) is 23.7. The Balaban J connectivity index is 2.49. The molecule has 0 bridgehead atoms. The monoisotopic (exact) mass is 451 g/mol. The third kappa shape index (κ3) is 5.13. The minimum absolute atomic E-state index is 0.111. The molecule has 0 atom stereocenters. The zero-order valence-corrected chi connectivity index (χ0v) is 18.0. The van der Waals surface area contributed by atoms with Crippen molar-refractivity contribution in [3.05, 3.63) is 52.1 Å². The molecule has 2 aromatic carbocycles. The summed E-state index contributed by atoms with van der Waals surface area (Å²) in [5.41, 5.74) is -0.152. The van der Waals surface area contributed by atoms with Gasteiger partial charge in [-0.25, -0.2) is 22.5 Å². The van der Waals surface area contributed by atoms with Gasteiger partial charge in [0, 0.05) is 26.7 Å². The molecule has 0 aromatic heterocycles. The molecule has 1 N–H and O–H groups in total. The predicted molar refractivity (Wildman–Crippen MR) is 111 cm³/mol. The molecule has 2 rings (SSSR count).